The van der Waals surface area contributed by atoms with Crippen LogP contribution in [0.5, 0.6) is 0 Å². The summed E-state index contributed by atoms with van der Waals surface area (Å²) in [5.41, 5.74) is 1.14. The van der Waals surface area contributed by atoms with E-state index in [1.165, 1.54) is 6.33 Å². The molecule has 0 radical (unpaired) electrons. The van der Waals surface area contributed by atoms with Gasteiger partial charge >= 0.3 is 0 Å². The fourth-order valence-electron chi connectivity index (χ4n) is 1.24. The first-order valence-corrected chi connectivity index (χ1v) is 5.44. The molecule has 2 aromatic heterocycles. The van der Waals surface area contributed by atoms with Crippen LogP contribution in [0.3, 0.4) is 0 Å². The van der Waals surface area contributed by atoms with Crippen LogP contribution >= 0.6 is 11.3 Å². The van der Waals surface area contributed by atoms with Crippen molar-refractivity contribution in [3.05, 3.63) is 17.4 Å². The van der Waals surface area contributed by atoms with E-state index in [0.717, 1.165) is 22.9 Å². The number of nitrogens with zero attached hydrogens (tertiary/aromatic N) is 3. The van der Waals surface area contributed by atoms with E-state index in [2.05, 4.69) is 39.4 Å². The highest BCUT2D eigenvalue weighted by Crippen LogP contribution is 2.20. The van der Waals surface area contributed by atoms with Crippen molar-refractivity contribution >= 4 is 11.3 Å². The molecule has 0 saturated heterocycles. The second kappa shape index (κ2) is 3.88. The summed E-state index contributed by atoms with van der Waals surface area (Å²) in [6.45, 7) is 4.38. The van der Waals surface area contributed by atoms with Gasteiger partial charge in [-0.3, -0.25) is 5.10 Å². The molecular formula is C9H12N4S. The molecule has 5 heteroatoms. The van der Waals surface area contributed by atoms with E-state index in [9.17, 15) is 0 Å². The van der Waals surface area contributed by atoms with Gasteiger partial charge in [-0.15, -0.1) is 11.3 Å². The number of H-pyrrole nitrogens is 1. The van der Waals surface area contributed by atoms with Crippen LogP contribution in [-0.2, 0) is 6.42 Å². The minimum atomic E-state index is 0.639. The number of nitrogens with one attached hydrogen (secondary N) is 1. The van der Waals surface area contributed by atoms with Gasteiger partial charge in [0, 0.05) is 5.38 Å². The van der Waals surface area contributed by atoms with Crippen LogP contribution in [0.15, 0.2) is 11.7 Å². The first-order valence-electron chi connectivity index (χ1n) is 4.56. The molecule has 0 aliphatic carbocycles. The van der Waals surface area contributed by atoms with E-state index in [4.69, 9.17) is 0 Å². The highest BCUT2D eigenvalue weighted by Gasteiger charge is 2.07. The van der Waals surface area contributed by atoms with E-state index in [0.29, 0.717) is 5.92 Å². The molecule has 0 unspecified atom stereocenters. The third-order valence-electron chi connectivity index (χ3n) is 1.79. The Morgan fingerprint density at radius 2 is 2.36 bits per heavy atom. The second-order valence-electron chi connectivity index (χ2n) is 3.58. The van der Waals surface area contributed by atoms with Crippen molar-refractivity contribution in [2.75, 3.05) is 0 Å². The molecule has 2 aromatic rings. The zero-order valence-electron chi connectivity index (χ0n) is 8.19. The highest BCUT2D eigenvalue weighted by molar-refractivity contribution is 7.13. The Morgan fingerprint density at radius 1 is 1.50 bits per heavy atom. The van der Waals surface area contributed by atoms with Crippen molar-refractivity contribution in [2.24, 2.45) is 5.92 Å². The third kappa shape index (κ3) is 1.98. The van der Waals surface area contributed by atoms with Crippen LogP contribution in [0.2, 0.25) is 0 Å². The lowest BCUT2D eigenvalue weighted by Gasteiger charge is -1.98. The predicted molar refractivity (Wildman–Crippen MR) is 56.0 cm³/mol. The van der Waals surface area contributed by atoms with E-state index in [1.807, 2.05) is 0 Å². The minimum Gasteiger partial charge on any atom is -0.257 e. The number of aromatic amines is 1. The van der Waals surface area contributed by atoms with Gasteiger partial charge < -0.3 is 0 Å². The Labute approximate surface area is 86.4 Å². The van der Waals surface area contributed by atoms with Gasteiger partial charge in [-0.05, 0) is 12.3 Å². The Hall–Kier alpha value is -1.23. The summed E-state index contributed by atoms with van der Waals surface area (Å²) >= 11 is 1.60. The van der Waals surface area contributed by atoms with Crippen LogP contribution < -0.4 is 0 Å². The maximum atomic E-state index is 4.48. The predicted octanol–water partition coefficient (Wildman–Crippen LogP) is 2.13. The number of aromatic nitrogens is 4. The Kier molecular flexibility index (Phi) is 2.58. The SMILES string of the molecule is CC(C)Cc1csc(-c2ncn[nH]2)n1. The molecule has 2 heterocycles. The smallest absolute Gasteiger partial charge is 0.184 e. The van der Waals surface area contributed by atoms with E-state index in [-0.39, 0.29) is 0 Å². The maximum Gasteiger partial charge on any atom is 0.184 e. The molecule has 0 amide bonds. The van der Waals surface area contributed by atoms with Gasteiger partial charge in [0.05, 0.1) is 5.69 Å². The van der Waals surface area contributed by atoms with Crippen molar-refractivity contribution < 1.29 is 0 Å². The van der Waals surface area contributed by atoms with Crippen LogP contribution in [0, 0.1) is 5.92 Å². The summed E-state index contributed by atoms with van der Waals surface area (Å²) in [6.07, 6.45) is 2.52. The molecule has 74 valence electrons. The molecule has 0 bridgehead atoms. The van der Waals surface area contributed by atoms with E-state index in [1.54, 1.807) is 11.3 Å². The maximum absolute atomic E-state index is 4.48. The van der Waals surface area contributed by atoms with Crippen LogP contribution in [0.1, 0.15) is 19.5 Å². The van der Waals surface area contributed by atoms with E-state index < -0.39 is 0 Å². The molecule has 0 saturated carbocycles. The number of hydrogen-bond acceptors (Lipinski definition) is 4. The topological polar surface area (TPSA) is 54.5 Å². The summed E-state index contributed by atoms with van der Waals surface area (Å²) < 4.78 is 0. The number of rotatable bonds is 3. The zero-order chi connectivity index (χ0) is 9.97. The molecule has 14 heavy (non-hydrogen) atoms. The fraction of sp³-hybridized carbons (Fsp3) is 0.444. The molecule has 0 spiro atoms. The van der Waals surface area contributed by atoms with Crippen molar-refractivity contribution in [1.29, 1.82) is 0 Å². The summed E-state index contributed by atoms with van der Waals surface area (Å²) in [4.78, 5) is 8.54. The average molecular weight is 208 g/mol. The van der Waals surface area contributed by atoms with Crippen molar-refractivity contribution in [2.45, 2.75) is 20.3 Å². The van der Waals surface area contributed by atoms with Gasteiger partial charge in [0.2, 0.25) is 0 Å². The molecule has 0 aliphatic heterocycles. The zero-order valence-corrected chi connectivity index (χ0v) is 9.01. The van der Waals surface area contributed by atoms with Crippen molar-refractivity contribution in [3.8, 4) is 10.8 Å². The molecule has 2 rings (SSSR count). The first kappa shape index (κ1) is 9.33. The Balaban J connectivity index is 2.18. The molecule has 0 aromatic carbocycles. The van der Waals surface area contributed by atoms with Crippen LogP contribution in [-0.4, -0.2) is 20.2 Å². The molecule has 0 aliphatic rings. The monoisotopic (exact) mass is 208 g/mol. The van der Waals surface area contributed by atoms with E-state index >= 15 is 0 Å². The lowest BCUT2D eigenvalue weighted by Crippen LogP contribution is -1.93. The summed E-state index contributed by atoms with van der Waals surface area (Å²) in [5.74, 6) is 1.39. The first-order chi connectivity index (χ1) is 6.75. The van der Waals surface area contributed by atoms with Gasteiger partial charge in [0.1, 0.15) is 6.33 Å². The largest absolute Gasteiger partial charge is 0.257 e. The normalized spacial score (nSPS) is 11.1. The third-order valence-corrected chi connectivity index (χ3v) is 2.68. The summed E-state index contributed by atoms with van der Waals surface area (Å²) in [7, 11) is 0. The minimum absolute atomic E-state index is 0.639. The number of thiazole rings is 1. The average Bonchev–Trinajstić information content (AvgIpc) is 2.69. The fourth-order valence-corrected chi connectivity index (χ4v) is 2.01. The Morgan fingerprint density at radius 3 is 3.00 bits per heavy atom. The lowest BCUT2D eigenvalue weighted by atomic mass is 10.1. The molecule has 4 nitrogen and oxygen atoms in total. The second-order valence-corrected chi connectivity index (χ2v) is 4.43. The molecule has 0 atom stereocenters. The number of hydrogen-bond donors (Lipinski definition) is 1. The van der Waals surface area contributed by atoms with Gasteiger partial charge in [-0.1, -0.05) is 13.8 Å². The lowest BCUT2D eigenvalue weighted by molar-refractivity contribution is 0.638. The van der Waals surface area contributed by atoms with Crippen molar-refractivity contribution in [1.82, 2.24) is 20.2 Å². The molecular weight excluding hydrogens is 196 g/mol. The van der Waals surface area contributed by atoms with Crippen LogP contribution in [0.4, 0.5) is 0 Å². The summed E-state index contributed by atoms with van der Waals surface area (Å²) in [6, 6.07) is 0. The van der Waals surface area contributed by atoms with Gasteiger partial charge in [0.15, 0.2) is 10.8 Å². The van der Waals surface area contributed by atoms with Gasteiger partial charge in [-0.25, -0.2) is 9.97 Å². The standard InChI is InChI=1S/C9H12N4S/c1-6(2)3-7-4-14-9(12-7)8-10-5-11-13-8/h4-6H,3H2,1-2H3,(H,10,11,13). The summed E-state index contributed by atoms with van der Waals surface area (Å²) in [5, 5.41) is 9.60. The molecule has 0 fully saturated rings. The highest BCUT2D eigenvalue weighted by atomic mass is 32.1. The van der Waals surface area contributed by atoms with Crippen LogP contribution in [0.25, 0.3) is 10.8 Å². The quantitative estimate of drug-likeness (QED) is 0.840. The van der Waals surface area contributed by atoms with Crippen molar-refractivity contribution in [3.63, 3.8) is 0 Å². The Bertz CT molecular complexity index is 391. The van der Waals surface area contributed by atoms with Gasteiger partial charge in [-0.2, -0.15) is 5.10 Å². The van der Waals surface area contributed by atoms with Gasteiger partial charge in [0.25, 0.3) is 0 Å². The molecule has 1 N–H and O–H groups in total.